The number of ether oxygens (including phenoxy) is 1. The molecule has 0 radical (unpaired) electrons. The van der Waals surface area contributed by atoms with Crippen molar-refractivity contribution in [3.05, 3.63) is 94.9 Å². The molecule has 0 amide bonds. The Morgan fingerprint density at radius 3 is 2.47 bits per heavy atom. The summed E-state index contributed by atoms with van der Waals surface area (Å²) in [5, 5.41) is 3.99. The van der Waals surface area contributed by atoms with Gasteiger partial charge in [0, 0.05) is 30.2 Å². The van der Waals surface area contributed by atoms with Crippen LogP contribution in [0, 0.1) is 5.92 Å². The van der Waals surface area contributed by atoms with E-state index in [0.29, 0.717) is 23.7 Å². The van der Waals surface area contributed by atoms with Gasteiger partial charge in [-0.25, -0.2) is 0 Å². The predicted octanol–water partition coefficient (Wildman–Crippen LogP) is 5.06. The molecule has 1 aliphatic carbocycles. The van der Waals surface area contributed by atoms with Crippen molar-refractivity contribution in [2.75, 3.05) is 11.9 Å². The highest BCUT2D eigenvalue weighted by Gasteiger charge is 2.21. The maximum Gasteiger partial charge on any atom is 0.193 e. The van der Waals surface area contributed by atoms with Gasteiger partial charge in [0.2, 0.25) is 0 Å². The number of nitrogens with zero attached hydrogens (tertiary/aromatic N) is 2. The van der Waals surface area contributed by atoms with Gasteiger partial charge in [-0.05, 0) is 49.1 Å². The first-order chi connectivity index (χ1) is 14.8. The zero-order chi connectivity index (χ0) is 20.3. The molecule has 0 spiro atoms. The van der Waals surface area contributed by atoms with Crippen molar-refractivity contribution < 1.29 is 4.74 Å². The Kier molecular flexibility index (Phi) is 5.03. The van der Waals surface area contributed by atoms with Crippen LogP contribution >= 0.6 is 0 Å². The van der Waals surface area contributed by atoms with Gasteiger partial charge in [-0.2, -0.15) is 0 Å². The molecule has 5 nitrogen and oxygen atoms in total. The summed E-state index contributed by atoms with van der Waals surface area (Å²) in [4.78, 5) is 17.3. The molecule has 5 rings (SSSR count). The normalized spacial score (nSPS) is 13.5. The molecule has 1 N–H and O–H groups in total. The van der Waals surface area contributed by atoms with Crippen LogP contribution in [0.15, 0.2) is 83.8 Å². The molecule has 1 aliphatic rings. The maximum atomic E-state index is 12.9. The van der Waals surface area contributed by atoms with Crippen molar-refractivity contribution in [2.24, 2.45) is 5.92 Å². The molecule has 0 saturated heterocycles. The number of hydrogen-bond acceptors (Lipinski definition) is 4. The predicted molar refractivity (Wildman–Crippen MR) is 119 cm³/mol. The number of hydrogen-bond donors (Lipinski definition) is 1. The standard InChI is InChI=1S/C25H23N3O2/c29-24-14-25(27-19-7-3-1-4-8-19)28(21-9-5-2-6-10-21)23-13-20(26-15-22(23)24)17-30-16-18-11-12-18/h1-10,13-15,18,27H,11-12,16-17H2. The summed E-state index contributed by atoms with van der Waals surface area (Å²) >= 11 is 0. The summed E-state index contributed by atoms with van der Waals surface area (Å²) < 4.78 is 7.89. The van der Waals surface area contributed by atoms with E-state index >= 15 is 0 Å². The van der Waals surface area contributed by atoms with Crippen LogP contribution in [0.4, 0.5) is 11.5 Å². The Morgan fingerprint density at radius 2 is 1.73 bits per heavy atom. The number of fused-ring (bicyclic) bond motifs is 1. The molecule has 5 heteroatoms. The Bertz CT molecular complexity index is 1220. The van der Waals surface area contributed by atoms with Gasteiger partial charge < -0.3 is 10.1 Å². The third-order valence-electron chi connectivity index (χ3n) is 5.31. The lowest BCUT2D eigenvalue weighted by molar-refractivity contribution is 0.109. The highest BCUT2D eigenvalue weighted by molar-refractivity contribution is 5.83. The third-order valence-corrected chi connectivity index (χ3v) is 5.31. The number of nitrogens with one attached hydrogen (secondary N) is 1. The van der Waals surface area contributed by atoms with Gasteiger partial charge >= 0.3 is 0 Å². The summed E-state index contributed by atoms with van der Waals surface area (Å²) in [6, 6.07) is 23.5. The van der Waals surface area contributed by atoms with Crippen LogP contribution in [-0.2, 0) is 11.3 Å². The number of anilines is 2. The third kappa shape index (κ3) is 3.98. The molecule has 150 valence electrons. The lowest BCUT2D eigenvalue weighted by atomic mass is 10.2. The van der Waals surface area contributed by atoms with E-state index in [-0.39, 0.29) is 5.43 Å². The molecule has 1 saturated carbocycles. The Morgan fingerprint density at radius 1 is 1.00 bits per heavy atom. The van der Waals surface area contributed by atoms with Gasteiger partial charge in [0.15, 0.2) is 5.43 Å². The largest absolute Gasteiger partial charge is 0.375 e. The number of para-hydroxylation sites is 2. The van der Waals surface area contributed by atoms with E-state index in [1.807, 2.05) is 66.7 Å². The van der Waals surface area contributed by atoms with Gasteiger partial charge in [0.1, 0.15) is 5.82 Å². The zero-order valence-electron chi connectivity index (χ0n) is 16.6. The lowest BCUT2D eigenvalue weighted by Crippen LogP contribution is -2.13. The fourth-order valence-electron chi connectivity index (χ4n) is 3.57. The molecule has 0 bridgehead atoms. The maximum absolute atomic E-state index is 12.9. The topological polar surface area (TPSA) is 56.2 Å². The molecule has 4 aromatic rings. The summed E-state index contributed by atoms with van der Waals surface area (Å²) in [5.74, 6) is 1.41. The van der Waals surface area contributed by atoms with Crippen molar-refractivity contribution in [3.8, 4) is 5.69 Å². The van der Waals surface area contributed by atoms with Crippen LogP contribution in [0.25, 0.3) is 16.6 Å². The average Bonchev–Trinajstić information content (AvgIpc) is 3.60. The molecule has 1 fully saturated rings. The number of benzene rings is 2. The van der Waals surface area contributed by atoms with E-state index < -0.39 is 0 Å². The average molecular weight is 397 g/mol. The Balaban J connectivity index is 1.62. The van der Waals surface area contributed by atoms with E-state index in [1.54, 1.807) is 12.3 Å². The van der Waals surface area contributed by atoms with Crippen molar-refractivity contribution in [2.45, 2.75) is 19.4 Å². The van der Waals surface area contributed by atoms with Crippen LogP contribution < -0.4 is 10.7 Å². The molecular weight excluding hydrogens is 374 g/mol. The van der Waals surface area contributed by atoms with Crippen molar-refractivity contribution in [1.29, 1.82) is 0 Å². The van der Waals surface area contributed by atoms with Gasteiger partial charge in [-0.1, -0.05) is 36.4 Å². The number of aromatic nitrogens is 2. The highest BCUT2D eigenvalue weighted by Crippen LogP contribution is 2.29. The second-order valence-electron chi connectivity index (χ2n) is 7.71. The Hall–Kier alpha value is -3.44. The minimum Gasteiger partial charge on any atom is -0.375 e. The molecular formula is C25H23N3O2. The van der Waals surface area contributed by atoms with Crippen LogP contribution in [-0.4, -0.2) is 16.2 Å². The minimum atomic E-state index is -0.0615. The first kappa shape index (κ1) is 18.6. The fraction of sp³-hybridized carbons (Fsp3) is 0.200. The highest BCUT2D eigenvalue weighted by atomic mass is 16.5. The van der Waals surface area contributed by atoms with Crippen molar-refractivity contribution in [3.63, 3.8) is 0 Å². The summed E-state index contributed by atoms with van der Waals surface area (Å²) in [6.45, 7) is 1.23. The summed E-state index contributed by atoms with van der Waals surface area (Å²) in [5.41, 5.74) is 3.46. The quantitative estimate of drug-likeness (QED) is 0.474. The summed E-state index contributed by atoms with van der Waals surface area (Å²) in [7, 11) is 0. The van der Waals surface area contributed by atoms with Gasteiger partial charge in [-0.15, -0.1) is 0 Å². The summed E-state index contributed by atoms with van der Waals surface area (Å²) in [6.07, 6.45) is 4.18. The van der Waals surface area contributed by atoms with Crippen LogP contribution in [0.3, 0.4) is 0 Å². The SMILES string of the molecule is O=c1cc(Nc2ccccc2)n(-c2ccccc2)c2cc(COCC3CC3)ncc12. The number of pyridine rings is 2. The molecule has 2 aromatic carbocycles. The monoisotopic (exact) mass is 397 g/mol. The zero-order valence-corrected chi connectivity index (χ0v) is 16.6. The van der Waals surface area contributed by atoms with E-state index in [9.17, 15) is 4.79 Å². The molecule has 30 heavy (non-hydrogen) atoms. The van der Waals surface area contributed by atoms with E-state index in [4.69, 9.17) is 4.74 Å². The van der Waals surface area contributed by atoms with Crippen molar-refractivity contribution in [1.82, 2.24) is 9.55 Å². The Labute approximate surface area is 175 Å². The molecule has 0 aliphatic heterocycles. The molecule has 2 aromatic heterocycles. The van der Waals surface area contributed by atoms with E-state index in [1.165, 1.54) is 12.8 Å². The van der Waals surface area contributed by atoms with Gasteiger partial charge in [0.25, 0.3) is 0 Å². The van der Waals surface area contributed by atoms with Crippen molar-refractivity contribution >= 4 is 22.4 Å². The first-order valence-corrected chi connectivity index (χ1v) is 10.3. The van der Waals surface area contributed by atoms with Crippen LogP contribution in [0.2, 0.25) is 0 Å². The minimum absolute atomic E-state index is 0.0615. The van der Waals surface area contributed by atoms with E-state index in [0.717, 1.165) is 29.2 Å². The van der Waals surface area contributed by atoms with Gasteiger partial charge in [0.05, 0.1) is 23.2 Å². The lowest BCUT2D eigenvalue weighted by Gasteiger charge is -2.19. The molecule has 0 atom stereocenters. The first-order valence-electron chi connectivity index (χ1n) is 10.3. The smallest absolute Gasteiger partial charge is 0.193 e. The fourth-order valence-corrected chi connectivity index (χ4v) is 3.57. The van der Waals surface area contributed by atoms with Crippen LogP contribution in [0.5, 0.6) is 0 Å². The van der Waals surface area contributed by atoms with Crippen LogP contribution in [0.1, 0.15) is 18.5 Å². The van der Waals surface area contributed by atoms with Gasteiger partial charge in [-0.3, -0.25) is 14.3 Å². The molecule has 0 unspecified atom stereocenters. The number of rotatable bonds is 7. The second-order valence-corrected chi connectivity index (χ2v) is 7.71. The molecule has 2 heterocycles. The van der Waals surface area contributed by atoms with E-state index in [2.05, 4.69) is 14.9 Å². The second kappa shape index (κ2) is 8.13.